The second kappa shape index (κ2) is 7.25. The monoisotopic (exact) mass is 229 g/mol. The number of ether oxygens (including phenoxy) is 2. The lowest BCUT2D eigenvalue weighted by atomic mass is 9.74. The molecule has 0 aromatic heterocycles. The second-order valence-electron chi connectivity index (χ2n) is 4.77. The molecule has 0 bridgehead atoms. The molecular weight excluding hydrogens is 202 g/mol. The summed E-state index contributed by atoms with van der Waals surface area (Å²) in [6.45, 7) is 2.30. The highest BCUT2D eigenvalue weighted by atomic mass is 16.7. The maximum atomic E-state index is 5.41. The van der Waals surface area contributed by atoms with E-state index in [1.165, 1.54) is 32.1 Å². The number of methoxy groups -OCH3 is 2. The van der Waals surface area contributed by atoms with Crippen molar-refractivity contribution in [3.63, 3.8) is 0 Å². The van der Waals surface area contributed by atoms with Crippen molar-refractivity contribution >= 4 is 0 Å². The maximum absolute atomic E-state index is 5.41. The van der Waals surface area contributed by atoms with E-state index in [0.717, 1.165) is 5.92 Å². The topological polar surface area (TPSA) is 30.5 Å². The molecule has 0 heterocycles. The van der Waals surface area contributed by atoms with Gasteiger partial charge in [-0.25, -0.2) is 0 Å². The second-order valence-corrected chi connectivity index (χ2v) is 4.77. The van der Waals surface area contributed by atoms with Gasteiger partial charge in [-0.1, -0.05) is 32.6 Å². The average molecular weight is 229 g/mol. The van der Waals surface area contributed by atoms with Crippen LogP contribution in [0.4, 0.5) is 0 Å². The van der Waals surface area contributed by atoms with E-state index in [4.69, 9.17) is 9.47 Å². The van der Waals surface area contributed by atoms with Gasteiger partial charge in [0.1, 0.15) is 0 Å². The van der Waals surface area contributed by atoms with Crippen molar-refractivity contribution in [1.82, 2.24) is 5.32 Å². The lowest BCUT2D eigenvalue weighted by Gasteiger charge is -2.39. The first kappa shape index (κ1) is 13.9. The van der Waals surface area contributed by atoms with Crippen molar-refractivity contribution in [3.8, 4) is 0 Å². The minimum atomic E-state index is -0.123. The van der Waals surface area contributed by atoms with Crippen molar-refractivity contribution in [2.75, 3.05) is 21.3 Å². The standard InChI is InChI=1S/C13H27NO2/c1-5-10-8-6-7-9-11(10)12(14-2)13(15-3)16-4/h10-14H,5-9H2,1-4H3. The van der Waals surface area contributed by atoms with Crippen LogP contribution in [0.1, 0.15) is 39.0 Å². The summed E-state index contributed by atoms with van der Waals surface area (Å²) in [5.74, 6) is 1.51. The highest BCUT2D eigenvalue weighted by molar-refractivity contribution is 4.86. The van der Waals surface area contributed by atoms with Gasteiger partial charge in [0.25, 0.3) is 0 Å². The zero-order valence-electron chi connectivity index (χ0n) is 11.2. The molecule has 16 heavy (non-hydrogen) atoms. The molecule has 96 valence electrons. The predicted octanol–water partition coefficient (Wildman–Crippen LogP) is 2.41. The molecular formula is C13H27NO2. The van der Waals surface area contributed by atoms with Gasteiger partial charge in [-0.15, -0.1) is 0 Å². The molecule has 1 aliphatic carbocycles. The van der Waals surface area contributed by atoms with Crippen LogP contribution in [0.25, 0.3) is 0 Å². The van der Waals surface area contributed by atoms with Crippen LogP contribution in [-0.4, -0.2) is 33.6 Å². The van der Waals surface area contributed by atoms with Gasteiger partial charge in [-0.3, -0.25) is 0 Å². The molecule has 1 aliphatic rings. The molecule has 0 aliphatic heterocycles. The Hall–Kier alpha value is -0.120. The molecule has 1 rings (SSSR count). The fourth-order valence-electron chi connectivity index (χ4n) is 3.16. The normalized spacial score (nSPS) is 28.3. The minimum absolute atomic E-state index is 0.123. The summed E-state index contributed by atoms with van der Waals surface area (Å²) in [5.41, 5.74) is 0. The summed E-state index contributed by atoms with van der Waals surface area (Å²) in [5, 5.41) is 3.39. The highest BCUT2D eigenvalue weighted by Gasteiger charge is 2.34. The Morgan fingerprint density at radius 2 is 1.81 bits per heavy atom. The van der Waals surface area contributed by atoms with Crippen LogP contribution in [-0.2, 0) is 9.47 Å². The Morgan fingerprint density at radius 1 is 1.19 bits per heavy atom. The summed E-state index contributed by atoms with van der Waals surface area (Å²) in [4.78, 5) is 0. The lowest BCUT2D eigenvalue weighted by Crippen LogP contribution is -2.48. The van der Waals surface area contributed by atoms with Crippen LogP contribution in [0, 0.1) is 11.8 Å². The molecule has 0 aromatic rings. The van der Waals surface area contributed by atoms with Gasteiger partial charge in [0.15, 0.2) is 6.29 Å². The van der Waals surface area contributed by atoms with Crippen LogP contribution in [0.3, 0.4) is 0 Å². The molecule has 1 N–H and O–H groups in total. The summed E-state index contributed by atoms with van der Waals surface area (Å²) >= 11 is 0. The molecule has 0 aromatic carbocycles. The Morgan fingerprint density at radius 3 is 2.31 bits per heavy atom. The predicted molar refractivity (Wildman–Crippen MR) is 66.4 cm³/mol. The molecule has 0 amide bonds. The summed E-state index contributed by atoms with van der Waals surface area (Å²) in [7, 11) is 5.46. The quantitative estimate of drug-likeness (QED) is 0.710. The molecule has 1 fully saturated rings. The van der Waals surface area contributed by atoms with E-state index >= 15 is 0 Å². The van der Waals surface area contributed by atoms with Crippen LogP contribution in [0.2, 0.25) is 0 Å². The van der Waals surface area contributed by atoms with E-state index in [9.17, 15) is 0 Å². The minimum Gasteiger partial charge on any atom is -0.354 e. The average Bonchev–Trinajstić information content (AvgIpc) is 2.35. The summed E-state index contributed by atoms with van der Waals surface area (Å²) in [6.07, 6.45) is 6.54. The Bertz CT molecular complexity index is 175. The number of hydrogen-bond acceptors (Lipinski definition) is 3. The third-order valence-electron chi connectivity index (χ3n) is 4.04. The van der Waals surface area contributed by atoms with E-state index in [-0.39, 0.29) is 6.29 Å². The molecule has 0 saturated heterocycles. The molecule has 3 nitrogen and oxygen atoms in total. The van der Waals surface area contributed by atoms with Gasteiger partial charge in [0, 0.05) is 14.2 Å². The molecule has 3 atom stereocenters. The SMILES string of the molecule is CCC1CCCCC1C(NC)C(OC)OC. The molecule has 0 spiro atoms. The van der Waals surface area contributed by atoms with Gasteiger partial charge in [-0.05, 0) is 25.3 Å². The smallest absolute Gasteiger partial charge is 0.172 e. The number of hydrogen-bond donors (Lipinski definition) is 1. The highest BCUT2D eigenvalue weighted by Crippen LogP contribution is 2.35. The van der Waals surface area contributed by atoms with Crippen LogP contribution >= 0.6 is 0 Å². The van der Waals surface area contributed by atoms with Gasteiger partial charge in [-0.2, -0.15) is 0 Å². The van der Waals surface area contributed by atoms with Crippen LogP contribution < -0.4 is 5.32 Å². The van der Waals surface area contributed by atoms with Gasteiger partial charge in [0.2, 0.25) is 0 Å². The fraction of sp³-hybridized carbons (Fsp3) is 1.00. The van der Waals surface area contributed by atoms with Crippen molar-refractivity contribution in [2.45, 2.75) is 51.4 Å². The third kappa shape index (κ3) is 3.19. The van der Waals surface area contributed by atoms with E-state index in [1.807, 2.05) is 7.05 Å². The zero-order valence-corrected chi connectivity index (χ0v) is 11.2. The Balaban J connectivity index is 2.67. The number of rotatable bonds is 6. The fourth-order valence-corrected chi connectivity index (χ4v) is 3.16. The molecule has 0 radical (unpaired) electrons. The zero-order chi connectivity index (χ0) is 12.0. The Labute approximate surface area is 99.9 Å². The van der Waals surface area contributed by atoms with Crippen molar-refractivity contribution < 1.29 is 9.47 Å². The van der Waals surface area contributed by atoms with E-state index in [2.05, 4.69) is 12.2 Å². The molecule has 3 unspecified atom stereocenters. The number of likely N-dealkylation sites (N-methyl/N-ethyl adjacent to an activating group) is 1. The largest absolute Gasteiger partial charge is 0.354 e. The van der Waals surface area contributed by atoms with Crippen LogP contribution in [0.15, 0.2) is 0 Å². The number of nitrogens with one attached hydrogen (secondary N) is 1. The maximum Gasteiger partial charge on any atom is 0.172 e. The first-order valence-electron chi connectivity index (χ1n) is 6.51. The summed E-state index contributed by atoms with van der Waals surface area (Å²) < 4.78 is 10.8. The van der Waals surface area contributed by atoms with Crippen molar-refractivity contribution in [1.29, 1.82) is 0 Å². The summed E-state index contributed by atoms with van der Waals surface area (Å²) in [6, 6.07) is 0.320. The lowest BCUT2D eigenvalue weighted by molar-refractivity contribution is -0.138. The first-order valence-corrected chi connectivity index (χ1v) is 6.51. The van der Waals surface area contributed by atoms with Gasteiger partial charge >= 0.3 is 0 Å². The van der Waals surface area contributed by atoms with Gasteiger partial charge in [0.05, 0.1) is 6.04 Å². The van der Waals surface area contributed by atoms with Gasteiger partial charge < -0.3 is 14.8 Å². The third-order valence-corrected chi connectivity index (χ3v) is 4.04. The van der Waals surface area contributed by atoms with E-state index in [0.29, 0.717) is 12.0 Å². The first-order chi connectivity index (χ1) is 7.78. The van der Waals surface area contributed by atoms with E-state index < -0.39 is 0 Å². The van der Waals surface area contributed by atoms with Crippen molar-refractivity contribution in [3.05, 3.63) is 0 Å². The Kier molecular flexibility index (Phi) is 6.32. The van der Waals surface area contributed by atoms with Crippen LogP contribution in [0.5, 0.6) is 0 Å². The molecule has 1 saturated carbocycles. The van der Waals surface area contributed by atoms with Crippen molar-refractivity contribution in [2.24, 2.45) is 11.8 Å². The molecule has 3 heteroatoms. The van der Waals surface area contributed by atoms with E-state index in [1.54, 1.807) is 14.2 Å².